The largest absolute Gasteiger partial charge is 0.466 e. The molecule has 2 aromatic rings. The van der Waals surface area contributed by atoms with Gasteiger partial charge < -0.3 is 20.2 Å². The monoisotopic (exact) mass is 330 g/mol. The topological polar surface area (TPSA) is 82.7 Å². The van der Waals surface area contributed by atoms with Crippen LogP contribution < -0.4 is 10.6 Å². The van der Waals surface area contributed by atoms with Gasteiger partial charge in [0.05, 0.1) is 12.8 Å². The molecule has 2 aromatic heterocycles. The Bertz CT molecular complexity index is 651. The molecule has 0 aliphatic heterocycles. The highest BCUT2D eigenvalue weighted by Gasteiger charge is 2.26. The van der Waals surface area contributed by atoms with E-state index < -0.39 is 5.60 Å². The van der Waals surface area contributed by atoms with Crippen LogP contribution in [0.2, 0.25) is 0 Å². The van der Waals surface area contributed by atoms with Crippen molar-refractivity contribution in [2.75, 3.05) is 19.6 Å². The van der Waals surface area contributed by atoms with Gasteiger partial charge >= 0.3 is 0 Å². The molecule has 1 unspecified atom stereocenters. The molecular weight excluding hydrogens is 304 g/mol. The summed E-state index contributed by atoms with van der Waals surface area (Å²) < 4.78 is 5.28. The van der Waals surface area contributed by atoms with E-state index in [0.29, 0.717) is 11.7 Å². The van der Waals surface area contributed by atoms with Crippen LogP contribution in [-0.2, 0) is 12.0 Å². The lowest BCUT2D eigenvalue weighted by molar-refractivity contribution is 0.0437. The molecule has 0 saturated heterocycles. The lowest BCUT2D eigenvalue weighted by Gasteiger charge is -2.19. The first kappa shape index (κ1) is 18.0. The van der Waals surface area contributed by atoms with Crippen LogP contribution in [0.5, 0.6) is 0 Å². The Morgan fingerprint density at radius 3 is 2.88 bits per heavy atom. The first-order valence-corrected chi connectivity index (χ1v) is 8.21. The van der Waals surface area contributed by atoms with Crippen molar-refractivity contribution < 1.29 is 9.52 Å². The quantitative estimate of drug-likeness (QED) is 0.534. The Hall–Kier alpha value is -2.34. The molecule has 3 N–H and O–H groups in total. The van der Waals surface area contributed by atoms with E-state index in [1.807, 2.05) is 25.4 Å². The minimum absolute atomic E-state index is 0.212. The van der Waals surface area contributed by atoms with E-state index >= 15 is 0 Å². The van der Waals surface area contributed by atoms with Crippen LogP contribution >= 0.6 is 0 Å². The summed E-state index contributed by atoms with van der Waals surface area (Å²) in [6, 6.07) is 5.54. The molecule has 0 aromatic carbocycles. The number of aromatic nitrogens is 1. The highest BCUT2D eigenvalue weighted by Crippen LogP contribution is 2.20. The summed E-state index contributed by atoms with van der Waals surface area (Å²) in [4.78, 5) is 8.57. The summed E-state index contributed by atoms with van der Waals surface area (Å²) >= 11 is 0. The van der Waals surface area contributed by atoms with E-state index in [0.717, 1.165) is 19.5 Å². The molecule has 24 heavy (non-hydrogen) atoms. The highest BCUT2D eigenvalue weighted by molar-refractivity contribution is 5.79. The van der Waals surface area contributed by atoms with Crippen molar-refractivity contribution in [3.8, 4) is 0 Å². The van der Waals surface area contributed by atoms with Crippen LogP contribution in [0.4, 0.5) is 0 Å². The molecule has 6 nitrogen and oxygen atoms in total. The van der Waals surface area contributed by atoms with Crippen molar-refractivity contribution in [1.82, 2.24) is 15.6 Å². The van der Waals surface area contributed by atoms with Gasteiger partial charge in [-0.05, 0) is 56.5 Å². The maximum Gasteiger partial charge on any atom is 0.191 e. The van der Waals surface area contributed by atoms with Crippen LogP contribution in [0.3, 0.4) is 0 Å². The Balaban J connectivity index is 1.92. The van der Waals surface area contributed by atoms with Crippen molar-refractivity contribution in [2.24, 2.45) is 4.99 Å². The maximum absolute atomic E-state index is 10.5. The standard InChI is InChI=1S/C18H26N4O2/c1-4-20-17(21-10-8-15-7-9-19-12-14(15)2)22-13-18(3,23)16-6-5-11-24-16/h5-7,9,11-12,23H,4,8,10,13H2,1-3H3,(H2,20,21,22). The summed E-state index contributed by atoms with van der Waals surface area (Å²) in [7, 11) is 0. The van der Waals surface area contributed by atoms with Crippen molar-refractivity contribution in [3.05, 3.63) is 53.7 Å². The molecular formula is C18H26N4O2. The first-order valence-electron chi connectivity index (χ1n) is 8.21. The van der Waals surface area contributed by atoms with Crippen LogP contribution in [0, 0.1) is 6.92 Å². The van der Waals surface area contributed by atoms with Gasteiger partial charge in [-0.15, -0.1) is 0 Å². The van der Waals surface area contributed by atoms with Gasteiger partial charge in [0, 0.05) is 25.5 Å². The zero-order valence-electron chi connectivity index (χ0n) is 14.5. The molecule has 2 rings (SSSR count). The van der Waals surface area contributed by atoms with E-state index in [2.05, 4.69) is 27.5 Å². The third-order valence-corrected chi connectivity index (χ3v) is 3.76. The predicted molar refractivity (Wildman–Crippen MR) is 94.9 cm³/mol. The minimum atomic E-state index is -1.13. The van der Waals surface area contributed by atoms with Gasteiger partial charge in [-0.3, -0.25) is 4.98 Å². The third kappa shape index (κ3) is 5.09. The van der Waals surface area contributed by atoms with E-state index in [-0.39, 0.29) is 6.54 Å². The number of rotatable bonds is 7. The summed E-state index contributed by atoms with van der Waals surface area (Å²) in [5, 5.41) is 16.9. The number of nitrogens with zero attached hydrogens (tertiary/aromatic N) is 2. The fourth-order valence-electron chi connectivity index (χ4n) is 2.34. The number of pyridine rings is 1. The number of aliphatic imine (C=N–C) groups is 1. The van der Waals surface area contributed by atoms with Crippen molar-refractivity contribution in [2.45, 2.75) is 32.8 Å². The number of guanidine groups is 1. The molecule has 0 spiro atoms. The molecule has 0 aliphatic rings. The zero-order chi connectivity index (χ0) is 17.4. The van der Waals surface area contributed by atoms with Crippen LogP contribution in [0.25, 0.3) is 0 Å². The van der Waals surface area contributed by atoms with Crippen LogP contribution in [0.1, 0.15) is 30.7 Å². The Labute approximate surface area is 143 Å². The van der Waals surface area contributed by atoms with Gasteiger partial charge in [-0.2, -0.15) is 0 Å². The molecule has 0 amide bonds. The molecule has 1 atom stereocenters. The second-order valence-electron chi connectivity index (χ2n) is 5.93. The molecule has 2 heterocycles. The zero-order valence-corrected chi connectivity index (χ0v) is 14.5. The number of furan rings is 1. The van der Waals surface area contributed by atoms with E-state index in [4.69, 9.17) is 4.42 Å². The average molecular weight is 330 g/mol. The van der Waals surface area contributed by atoms with Gasteiger partial charge in [0.15, 0.2) is 5.96 Å². The van der Waals surface area contributed by atoms with E-state index in [1.54, 1.807) is 25.3 Å². The minimum Gasteiger partial charge on any atom is -0.466 e. The van der Waals surface area contributed by atoms with E-state index in [9.17, 15) is 5.11 Å². The van der Waals surface area contributed by atoms with Gasteiger partial charge in [0.2, 0.25) is 0 Å². The van der Waals surface area contributed by atoms with Crippen molar-refractivity contribution in [1.29, 1.82) is 0 Å². The smallest absolute Gasteiger partial charge is 0.191 e. The number of aliphatic hydroxyl groups is 1. The van der Waals surface area contributed by atoms with Gasteiger partial charge in [-0.1, -0.05) is 0 Å². The lowest BCUT2D eigenvalue weighted by Crippen LogP contribution is -2.39. The average Bonchev–Trinajstić information content (AvgIpc) is 3.10. The molecule has 0 radical (unpaired) electrons. The van der Waals surface area contributed by atoms with Gasteiger partial charge in [-0.25, -0.2) is 4.99 Å². The molecule has 0 aliphatic carbocycles. The lowest BCUT2D eigenvalue weighted by atomic mass is 10.0. The van der Waals surface area contributed by atoms with E-state index in [1.165, 1.54) is 11.1 Å². The summed E-state index contributed by atoms with van der Waals surface area (Å²) in [5.41, 5.74) is 1.31. The molecule has 6 heteroatoms. The Kier molecular flexibility index (Phi) is 6.37. The number of hydrogen-bond acceptors (Lipinski definition) is 4. The number of nitrogens with one attached hydrogen (secondary N) is 2. The molecule has 130 valence electrons. The maximum atomic E-state index is 10.5. The normalized spacial score (nSPS) is 14.2. The van der Waals surface area contributed by atoms with Crippen molar-refractivity contribution >= 4 is 5.96 Å². The Morgan fingerprint density at radius 2 is 2.21 bits per heavy atom. The van der Waals surface area contributed by atoms with Crippen LogP contribution in [0.15, 0.2) is 46.3 Å². The van der Waals surface area contributed by atoms with Gasteiger partial charge in [0.25, 0.3) is 0 Å². The van der Waals surface area contributed by atoms with Crippen molar-refractivity contribution in [3.63, 3.8) is 0 Å². The molecule has 0 saturated carbocycles. The first-order chi connectivity index (χ1) is 11.5. The van der Waals surface area contributed by atoms with Crippen LogP contribution in [-0.4, -0.2) is 35.7 Å². The summed E-state index contributed by atoms with van der Waals surface area (Å²) in [6.07, 6.45) is 6.11. The Morgan fingerprint density at radius 1 is 1.38 bits per heavy atom. The summed E-state index contributed by atoms with van der Waals surface area (Å²) in [5.74, 6) is 1.19. The predicted octanol–water partition coefficient (Wildman–Crippen LogP) is 1.99. The fourth-order valence-corrected chi connectivity index (χ4v) is 2.34. The third-order valence-electron chi connectivity index (χ3n) is 3.76. The molecule has 0 bridgehead atoms. The second kappa shape index (κ2) is 8.49. The molecule has 0 fully saturated rings. The SMILES string of the molecule is CCNC(=NCC(C)(O)c1ccco1)NCCc1ccncc1C. The highest BCUT2D eigenvalue weighted by atomic mass is 16.4. The van der Waals surface area contributed by atoms with Gasteiger partial charge in [0.1, 0.15) is 11.4 Å². The fraction of sp³-hybridized carbons (Fsp3) is 0.444. The second-order valence-corrected chi connectivity index (χ2v) is 5.93. The number of aryl methyl sites for hydroxylation is 1. The summed E-state index contributed by atoms with van der Waals surface area (Å²) in [6.45, 7) is 7.48. The number of hydrogen-bond donors (Lipinski definition) is 3.